The maximum Gasteiger partial charge on any atom is 0.493 e. The maximum absolute atomic E-state index is 12.9. The molecule has 0 aliphatic rings. The number of anilines is 1. The maximum atomic E-state index is 12.9. The molecule has 0 aliphatic carbocycles. The van der Waals surface area contributed by atoms with Crippen molar-refractivity contribution in [3.05, 3.63) is 52.4 Å². The van der Waals surface area contributed by atoms with Crippen molar-refractivity contribution in [2.75, 3.05) is 25.0 Å². The molecule has 2 aromatic rings. The Hall–Kier alpha value is -4.32. The Morgan fingerprint density at radius 1 is 1.16 bits per heavy atom. The zero-order valence-electron chi connectivity index (χ0n) is 19.8. The van der Waals surface area contributed by atoms with E-state index in [1.54, 1.807) is 0 Å². The summed E-state index contributed by atoms with van der Waals surface area (Å²) in [7, 11) is -3.06. The largest absolute Gasteiger partial charge is 0.497 e. The smallest absolute Gasteiger partial charge is 0.493 e. The average Bonchev–Trinajstić information content (AvgIpc) is 2.84. The van der Waals surface area contributed by atoms with Crippen LogP contribution in [-0.4, -0.2) is 57.4 Å². The third-order valence-electron chi connectivity index (χ3n) is 4.61. The third kappa shape index (κ3) is 7.84. The lowest BCUT2D eigenvalue weighted by Gasteiger charge is -2.19. The van der Waals surface area contributed by atoms with Crippen molar-refractivity contribution in [2.24, 2.45) is 5.73 Å². The van der Waals surface area contributed by atoms with Crippen LogP contribution in [0.15, 0.2) is 46.1 Å². The number of alkyl halides is 3. The third-order valence-corrected chi connectivity index (χ3v) is 5.99. The second-order valence-electron chi connectivity index (χ2n) is 7.31. The molecule has 1 amide bonds. The van der Waals surface area contributed by atoms with E-state index in [-0.39, 0.29) is 22.8 Å². The number of methoxy groups -OCH3 is 1. The van der Waals surface area contributed by atoms with Gasteiger partial charge in [-0.1, -0.05) is 0 Å². The Bertz CT molecular complexity index is 1350. The second-order valence-corrected chi connectivity index (χ2v) is 8.99. The quantitative estimate of drug-likeness (QED) is 0.105. The summed E-state index contributed by atoms with van der Waals surface area (Å²) in [5, 5.41) is 9.28. The first-order valence-corrected chi connectivity index (χ1v) is 11.9. The zero-order valence-corrected chi connectivity index (χ0v) is 20.6. The Balaban J connectivity index is 2.38. The summed E-state index contributed by atoms with van der Waals surface area (Å²) in [6, 6.07) is 6.79. The van der Waals surface area contributed by atoms with Crippen molar-refractivity contribution in [3.63, 3.8) is 0 Å². The number of aromatic nitrogens is 1. The van der Waals surface area contributed by atoms with E-state index in [1.807, 2.05) is 10.2 Å². The van der Waals surface area contributed by atoms with Gasteiger partial charge in [0.25, 0.3) is 10.0 Å². The van der Waals surface area contributed by atoms with Crippen LogP contribution in [-0.2, 0) is 24.4 Å². The molecule has 2 rings (SSSR count). The number of pyridine rings is 1. The molecule has 0 spiro atoms. The van der Waals surface area contributed by atoms with Gasteiger partial charge in [-0.15, -0.1) is 4.73 Å². The molecule has 0 saturated carbocycles. The number of guanidine groups is 1. The number of rotatable bonds is 11. The van der Waals surface area contributed by atoms with E-state index in [2.05, 4.69) is 10.2 Å². The minimum atomic E-state index is -5.51. The van der Waals surface area contributed by atoms with Gasteiger partial charge in [0.15, 0.2) is 0 Å². The predicted octanol–water partition coefficient (Wildman–Crippen LogP) is -0.190. The van der Waals surface area contributed by atoms with Gasteiger partial charge in [0, 0.05) is 6.54 Å². The Morgan fingerprint density at radius 3 is 2.34 bits per heavy atom. The van der Waals surface area contributed by atoms with Gasteiger partial charge in [0.05, 0.1) is 30.2 Å². The van der Waals surface area contributed by atoms with E-state index in [0.29, 0.717) is 5.75 Å². The van der Waals surface area contributed by atoms with Crippen molar-refractivity contribution < 1.29 is 45.6 Å². The molecular weight excluding hydrogens is 541 g/mol. The molecule has 1 aromatic carbocycles. The van der Waals surface area contributed by atoms with Gasteiger partial charge in [-0.05, 0) is 43.3 Å². The van der Waals surface area contributed by atoms with E-state index in [1.165, 1.54) is 26.2 Å². The van der Waals surface area contributed by atoms with Gasteiger partial charge >= 0.3 is 17.7 Å². The highest BCUT2D eigenvalue weighted by Gasteiger charge is 2.43. The fraction of sp³-hybridized carbons (Fsp3) is 0.300. The lowest BCUT2D eigenvalue weighted by Crippen LogP contribution is -2.42. The van der Waals surface area contributed by atoms with E-state index in [9.17, 15) is 36.0 Å². The minimum absolute atomic E-state index is 0.111. The highest BCUT2D eigenvalue weighted by molar-refractivity contribution is 7.92. The average molecular weight is 564 g/mol. The number of hydrogen-bond donors (Lipinski definition) is 5. The van der Waals surface area contributed by atoms with Gasteiger partial charge in [0.1, 0.15) is 11.4 Å². The van der Waals surface area contributed by atoms with Crippen LogP contribution in [0, 0.1) is 5.41 Å². The Morgan fingerprint density at radius 2 is 1.79 bits per heavy atom. The Kier molecular flexibility index (Phi) is 9.66. The number of carbonyl (C=O) groups is 2. The molecule has 0 saturated heterocycles. The molecular formula is C20H23F3N6O8S. The molecule has 0 radical (unpaired) electrons. The van der Waals surface area contributed by atoms with E-state index in [4.69, 9.17) is 20.7 Å². The van der Waals surface area contributed by atoms with Gasteiger partial charge < -0.3 is 20.6 Å². The van der Waals surface area contributed by atoms with Crippen LogP contribution in [0.25, 0.3) is 0 Å². The Labute approximate surface area is 213 Å². The fourth-order valence-electron chi connectivity index (χ4n) is 2.76. The summed E-state index contributed by atoms with van der Waals surface area (Å²) in [4.78, 5) is 45.6. The number of amides is 1. The van der Waals surface area contributed by atoms with Gasteiger partial charge in [0.2, 0.25) is 11.9 Å². The molecule has 38 heavy (non-hydrogen) atoms. The van der Waals surface area contributed by atoms with Crippen molar-refractivity contribution in [1.29, 1.82) is 5.41 Å². The fourth-order valence-corrected chi connectivity index (χ4v) is 3.82. The number of nitrogens with one attached hydrogen (secondary N) is 4. The number of halogens is 3. The first kappa shape index (κ1) is 29.9. The molecule has 208 valence electrons. The first-order chi connectivity index (χ1) is 17.7. The van der Waals surface area contributed by atoms with Crippen LogP contribution in [0.1, 0.15) is 18.5 Å². The van der Waals surface area contributed by atoms with Crippen molar-refractivity contribution in [1.82, 2.24) is 15.5 Å². The number of benzene rings is 1. The summed E-state index contributed by atoms with van der Waals surface area (Å²) in [6.45, 7) is 0.883. The zero-order chi connectivity index (χ0) is 28.7. The van der Waals surface area contributed by atoms with E-state index in [0.717, 1.165) is 24.3 Å². The van der Waals surface area contributed by atoms with E-state index >= 15 is 0 Å². The molecule has 1 heterocycles. The van der Waals surface area contributed by atoms with Gasteiger partial charge in [-0.3, -0.25) is 24.6 Å². The van der Waals surface area contributed by atoms with Crippen molar-refractivity contribution >= 4 is 33.5 Å². The SMILES string of the molecule is COc1ccc(S(=O)(=O)Nc2ccc(C(C)C(=O)NCCONC(=N)N)n(OC(=O)C(F)(F)F)c2=O)cc1. The summed E-state index contributed by atoms with van der Waals surface area (Å²) in [5.74, 6) is -5.13. The predicted molar refractivity (Wildman–Crippen MR) is 125 cm³/mol. The summed E-state index contributed by atoms with van der Waals surface area (Å²) in [6.07, 6.45) is -5.51. The molecule has 18 heteroatoms. The standard InChI is InChI=1S/C20H23F3N6O8S/c1-11(16(30)26-9-10-36-27-19(24)25)15-8-7-14(17(31)29(15)37-18(32)20(21,22)23)28-38(33,34)13-5-3-12(35-2)4-6-13/h3-8,11,28H,9-10H2,1-2H3,(H,26,30)(H4,24,25,27). The molecule has 14 nitrogen and oxygen atoms in total. The van der Waals surface area contributed by atoms with Gasteiger partial charge in [-0.25, -0.2) is 18.7 Å². The number of sulfonamides is 1. The van der Waals surface area contributed by atoms with E-state index < -0.39 is 56.9 Å². The van der Waals surface area contributed by atoms with Crippen LogP contribution in [0.5, 0.6) is 5.75 Å². The van der Waals surface area contributed by atoms with Crippen LogP contribution in [0.3, 0.4) is 0 Å². The highest BCUT2D eigenvalue weighted by Crippen LogP contribution is 2.21. The number of hydroxylamine groups is 1. The molecule has 0 aliphatic heterocycles. The lowest BCUT2D eigenvalue weighted by atomic mass is 10.1. The normalized spacial score (nSPS) is 12.2. The molecule has 1 atom stereocenters. The summed E-state index contributed by atoms with van der Waals surface area (Å²) >= 11 is 0. The first-order valence-electron chi connectivity index (χ1n) is 10.4. The summed E-state index contributed by atoms with van der Waals surface area (Å²) < 4.78 is 70.8. The topological polar surface area (TPSA) is 204 Å². The lowest BCUT2D eigenvalue weighted by molar-refractivity contribution is -0.200. The molecule has 1 aromatic heterocycles. The number of hydrogen-bond acceptors (Lipinski definition) is 9. The molecule has 6 N–H and O–H groups in total. The molecule has 0 fully saturated rings. The monoisotopic (exact) mass is 564 g/mol. The number of nitrogens with zero attached hydrogens (tertiary/aromatic N) is 1. The van der Waals surface area contributed by atoms with Crippen molar-refractivity contribution in [3.8, 4) is 5.75 Å². The second kappa shape index (κ2) is 12.3. The van der Waals surface area contributed by atoms with Crippen LogP contribution in [0.4, 0.5) is 18.9 Å². The van der Waals surface area contributed by atoms with Crippen LogP contribution < -0.4 is 36.4 Å². The highest BCUT2D eigenvalue weighted by atomic mass is 32.2. The number of nitrogens with two attached hydrogens (primary N) is 1. The van der Waals surface area contributed by atoms with Gasteiger partial charge in [-0.2, -0.15) is 13.2 Å². The van der Waals surface area contributed by atoms with Crippen LogP contribution in [0.2, 0.25) is 0 Å². The molecule has 0 bridgehead atoms. The summed E-state index contributed by atoms with van der Waals surface area (Å²) in [5.41, 5.74) is 4.26. The number of ether oxygens (including phenoxy) is 1. The molecule has 1 unspecified atom stereocenters. The minimum Gasteiger partial charge on any atom is -0.497 e. The van der Waals surface area contributed by atoms with Crippen molar-refractivity contribution in [2.45, 2.75) is 23.9 Å². The number of carbonyl (C=O) groups excluding carboxylic acids is 2. The van der Waals surface area contributed by atoms with Crippen LogP contribution >= 0.6 is 0 Å².